The summed E-state index contributed by atoms with van der Waals surface area (Å²) >= 11 is 0. The Bertz CT molecular complexity index is 426. The summed E-state index contributed by atoms with van der Waals surface area (Å²) in [4.78, 5) is 11.9. The molecule has 1 saturated carbocycles. The molecule has 3 heteroatoms. The average Bonchev–Trinajstić information content (AvgIpc) is 2.59. The Labute approximate surface area is 114 Å². The molecule has 1 amide bonds. The molecule has 1 aliphatic carbocycles. The van der Waals surface area contributed by atoms with E-state index < -0.39 is 0 Å². The fourth-order valence-corrected chi connectivity index (χ4v) is 3.13. The van der Waals surface area contributed by atoms with Gasteiger partial charge in [-0.1, -0.05) is 30.3 Å². The second-order valence-corrected chi connectivity index (χ2v) is 5.78. The second-order valence-electron chi connectivity index (χ2n) is 5.78. The van der Waals surface area contributed by atoms with Crippen LogP contribution in [0.2, 0.25) is 0 Å². The number of nitrogens with one attached hydrogen (secondary N) is 2. The van der Waals surface area contributed by atoms with E-state index in [2.05, 4.69) is 41.0 Å². The van der Waals surface area contributed by atoms with Crippen molar-refractivity contribution in [3.05, 3.63) is 35.9 Å². The third-order valence-corrected chi connectivity index (χ3v) is 4.38. The van der Waals surface area contributed by atoms with Crippen LogP contribution in [0.5, 0.6) is 0 Å². The third-order valence-electron chi connectivity index (χ3n) is 4.38. The number of hydrogen-bond acceptors (Lipinski definition) is 2. The Hall–Kier alpha value is -1.35. The Balaban J connectivity index is 1.50. The van der Waals surface area contributed by atoms with Crippen molar-refractivity contribution in [3.8, 4) is 0 Å². The molecule has 3 nitrogen and oxygen atoms in total. The maximum atomic E-state index is 11.9. The van der Waals surface area contributed by atoms with Gasteiger partial charge in [-0.15, -0.1) is 0 Å². The first-order valence-electron chi connectivity index (χ1n) is 7.41. The summed E-state index contributed by atoms with van der Waals surface area (Å²) in [6.45, 7) is 0.842. The molecular weight excluding hydrogens is 236 g/mol. The Morgan fingerprint density at radius 1 is 1.11 bits per heavy atom. The monoisotopic (exact) mass is 258 g/mol. The lowest BCUT2D eigenvalue weighted by Crippen LogP contribution is -2.51. The molecule has 19 heavy (non-hydrogen) atoms. The van der Waals surface area contributed by atoms with E-state index in [0.717, 1.165) is 38.6 Å². The highest BCUT2D eigenvalue weighted by atomic mass is 16.2. The highest BCUT2D eigenvalue weighted by Crippen LogP contribution is 2.37. The van der Waals surface area contributed by atoms with Crippen molar-refractivity contribution < 1.29 is 4.79 Å². The van der Waals surface area contributed by atoms with Gasteiger partial charge in [0, 0.05) is 12.6 Å². The van der Waals surface area contributed by atoms with Crippen LogP contribution in [-0.4, -0.2) is 24.5 Å². The molecular formula is C16H22N2O. The fraction of sp³-hybridized carbons (Fsp3) is 0.562. The van der Waals surface area contributed by atoms with Crippen molar-refractivity contribution in [2.75, 3.05) is 6.54 Å². The van der Waals surface area contributed by atoms with Gasteiger partial charge in [-0.3, -0.25) is 4.79 Å². The quantitative estimate of drug-likeness (QED) is 0.872. The molecule has 1 aromatic rings. The number of amides is 1. The molecule has 1 unspecified atom stereocenters. The Morgan fingerprint density at radius 3 is 2.68 bits per heavy atom. The van der Waals surface area contributed by atoms with Gasteiger partial charge in [0.15, 0.2) is 0 Å². The topological polar surface area (TPSA) is 41.1 Å². The minimum atomic E-state index is 0.0317. The van der Waals surface area contributed by atoms with Crippen molar-refractivity contribution in [2.45, 2.75) is 50.1 Å². The number of carbonyl (C=O) groups excluding carboxylic acids is 1. The third kappa shape index (κ3) is 2.98. The zero-order valence-corrected chi connectivity index (χ0v) is 11.3. The minimum Gasteiger partial charge on any atom is -0.355 e. The van der Waals surface area contributed by atoms with Crippen LogP contribution in [0.25, 0.3) is 0 Å². The highest BCUT2D eigenvalue weighted by Gasteiger charge is 2.33. The van der Waals surface area contributed by atoms with Crippen molar-refractivity contribution in [2.24, 2.45) is 0 Å². The van der Waals surface area contributed by atoms with Crippen molar-refractivity contribution >= 4 is 5.91 Å². The van der Waals surface area contributed by atoms with E-state index in [0.29, 0.717) is 12.0 Å². The molecule has 2 aliphatic rings. The Morgan fingerprint density at radius 2 is 1.89 bits per heavy atom. The van der Waals surface area contributed by atoms with E-state index in [-0.39, 0.29) is 11.9 Å². The molecule has 1 aromatic carbocycles. The first-order valence-corrected chi connectivity index (χ1v) is 7.41. The summed E-state index contributed by atoms with van der Waals surface area (Å²) in [6.07, 6.45) is 5.56. The predicted octanol–water partition coefficient (Wildman–Crippen LogP) is 2.19. The number of carbonyl (C=O) groups is 1. The summed E-state index contributed by atoms with van der Waals surface area (Å²) in [7, 11) is 0. The van der Waals surface area contributed by atoms with E-state index in [9.17, 15) is 4.79 Å². The van der Waals surface area contributed by atoms with E-state index in [1.54, 1.807) is 0 Å². The Kier molecular flexibility index (Phi) is 3.83. The number of benzene rings is 1. The molecule has 3 rings (SSSR count). The summed E-state index contributed by atoms with van der Waals surface area (Å²) < 4.78 is 0. The molecule has 1 saturated heterocycles. The zero-order chi connectivity index (χ0) is 13.1. The van der Waals surface area contributed by atoms with Crippen LogP contribution in [0.4, 0.5) is 0 Å². The summed E-state index contributed by atoms with van der Waals surface area (Å²) in [6, 6.07) is 11.2. The first-order chi connectivity index (χ1) is 9.33. The standard InChI is InChI=1S/C16H22N2O/c19-16-15(8-4-5-9-17-16)18-14-10-13(11-14)12-6-2-1-3-7-12/h1-3,6-7,13-15,18H,4-5,8-11H2,(H,17,19). The molecule has 0 bridgehead atoms. The van der Waals surface area contributed by atoms with Gasteiger partial charge in [-0.2, -0.15) is 0 Å². The normalized spacial score (nSPS) is 31.2. The molecule has 0 spiro atoms. The molecule has 0 aromatic heterocycles. The highest BCUT2D eigenvalue weighted by molar-refractivity contribution is 5.81. The maximum absolute atomic E-state index is 11.9. The van der Waals surface area contributed by atoms with Crippen LogP contribution < -0.4 is 10.6 Å². The van der Waals surface area contributed by atoms with Crippen LogP contribution in [0.3, 0.4) is 0 Å². The van der Waals surface area contributed by atoms with Crippen LogP contribution in [0.1, 0.15) is 43.6 Å². The molecule has 102 valence electrons. The molecule has 2 N–H and O–H groups in total. The minimum absolute atomic E-state index is 0.0317. The fourth-order valence-electron chi connectivity index (χ4n) is 3.13. The van der Waals surface area contributed by atoms with Crippen molar-refractivity contribution in [1.29, 1.82) is 0 Å². The van der Waals surface area contributed by atoms with Crippen LogP contribution in [-0.2, 0) is 4.79 Å². The summed E-state index contributed by atoms with van der Waals surface area (Å²) in [5.74, 6) is 0.869. The lowest BCUT2D eigenvalue weighted by atomic mass is 9.75. The smallest absolute Gasteiger partial charge is 0.237 e. The predicted molar refractivity (Wildman–Crippen MR) is 76.0 cm³/mol. The lowest BCUT2D eigenvalue weighted by molar-refractivity contribution is -0.123. The molecule has 1 atom stereocenters. The van der Waals surface area contributed by atoms with Gasteiger partial charge >= 0.3 is 0 Å². The summed E-state index contributed by atoms with van der Waals surface area (Å²) in [5.41, 5.74) is 1.44. The SMILES string of the molecule is O=C1NCCCCC1NC1CC(c2ccccc2)C1. The number of hydrogen-bond donors (Lipinski definition) is 2. The second kappa shape index (κ2) is 5.74. The van der Waals surface area contributed by atoms with Crippen LogP contribution in [0.15, 0.2) is 30.3 Å². The molecule has 1 aliphatic heterocycles. The van der Waals surface area contributed by atoms with Gasteiger partial charge in [0.2, 0.25) is 5.91 Å². The zero-order valence-electron chi connectivity index (χ0n) is 11.3. The number of rotatable bonds is 3. The van der Waals surface area contributed by atoms with Gasteiger partial charge in [-0.05, 0) is 43.6 Å². The van der Waals surface area contributed by atoms with Crippen LogP contribution in [0, 0.1) is 0 Å². The van der Waals surface area contributed by atoms with Crippen molar-refractivity contribution in [3.63, 3.8) is 0 Å². The van der Waals surface area contributed by atoms with Gasteiger partial charge in [-0.25, -0.2) is 0 Å². The van der Waals surface area contributed by atoms with E-state index >= 15 is 0 Å². The maximum Gasteiger partial charge on any atom is 0.237 e. The van der Waals surface area contributed by atoms with E-state index in [4.69, 9.17) is 0 Å². The molecule has 1 heterocycles. The average molecular weight is 258 g/mol. The van der Waals surface area contributed by atoms with Gasteiger partial charge in [0.05, 0.1) is 6.04 Å². The lowest BCUT2D eigenvalue weighted by Gasteiger charge is -2.38. The van der Waals surface area contributed by atoms with Crippen LogP contribution >= 0.6 is 0 Å². The molecule has 0 radical (unpaired) electrons. The summed E-state index contributed by atoms with van der Waals surface area (Å²) in [5, 5.41) is 6.52. The van der Waals surface area contributed by atoms with E-state index in [1.165, 1.54) is 5.56 Å². The molecule has 2 fully saturated rings. The van der Waals surface area contributed by atoms with Crippen molar-refractivity contribution in [1.82, 2.24) is 10.6 Å². The first kappa shape index (κ1) is 12.7. The van der Waals surface area contributed by atoms with Gasteiger partial charge < -0.3 is 10.6 Å². The largest absolute Gasteiger partial charge is 0.355 e. The van der Waals surface area contributed by atoms with Gasteiger partial charge in [0.1, 0.15) is 0 Å². The van der Waals surface area contributed by atoms with Gasteiger partial charge in [0.25, 0.3) is 0 Å². The van der Waals surface area contributed by atoms with E-state index in [1.807, 2.05) is 0 Å².